The Morgan fingerprint density at radius 3 is 2.64 bits per heavy atom. The third-order valence-corrected chi connectivity index (χ3v) is 2.07. The van der Waals surface area contributed by atoms with E-state index in [-0.39, 0.29) is 0 Å². The Bertz CT molecular complexity index is 252. The molecular formula is C7H11N3O. The van der Waals surface area contributed by atoms with Gasteiger partial charge < -0.3 is 10.2 Å². The molecule has 4 nitrogen and oxygen atoms in total. The molecule has 11 heavy (non-hydrogen) atoms. The summed E-state index contributed by atoms with van der Waals surface area (Å²) in [6.07, 6.45) is 1.98. The van der Waals surface area contributed by atoms with Gasteiger partial charge in [0.05, 0.1) is 0 Å². The lowest BCUT2D eigenvalue weighted by molar-refractivity contribution is 0.289. The molecule has 1 aromatic rings. The average Bonchev–Trinajstić information content (AvgIpc) is 2.29. The molecule has 1 aromatic heterocycles. The zero-order valence-corrected chi connectivity index (χ0v) is 6.45. The molecule has 0 unspecified atom stereocenters. The van der Waals surface area contributed by atoms with Crippen LogP contribution in [-0.2, 0) is 0 Å². The smallest absolute Gasteiger partial charge is 0.219 e. The van der Waals surface area contributed by atoms with E-state index in [2.05, 4.69) is 10.2 Å². The van der Waals surface area contributed by atoms with Crippen molar-refractivity contribution in [3.05, 3.63) is 11.8 Å². The summed E-state index contributed by atoms with van der Waals surface area (Å²) in [6.45, 7) is 1.80. The van der Waals surface area contributed by atoms with Gasteiger partial charge in [-0.25, -0.2) is 0 Å². The third-order valence-electron chi connectivity index (χ3n) is 2.07. The van der Waals surface area contributed by atoms with E-state index in [1.54, 1.807) is 6.92 Å². The summed E-state index contributed by atoms with van der Waals surface area (Å²) < 4.78 is 5.26. The molecule has 0 aromatic carbocycles. The van der Waals surface area contributed by atoms with Gasteiger partial charge in [-0.2, -0.15) is 0 Å². The lowest BCUT2D eigenvalue weighted by atomic mass is 9.81. The lowest BCUT2D eigenvalue weighted by Gasteiger charge is -2.29. The van der Waals surface area contributed by atoms with Crippen LogP contribution in [0.15, 0.2) is 4.42 Å². The molecule has 0 aliphatic heterocycles. The number of nitrogens with two attached hydrogens (primary N) is 1. The molecule has 4 heteroatoms. The quantitative estimate of drug-likeness (QED) is 0.641. The standard InChI is InChI=1S/C7H11N3O/c1-4-9-10-7(11-4)5-2-6(8)3-5/h5-6H,2-3,8H2,1H3/t5-,6+. The minimum absolute atomic E-state index is 0.340. The molecule has 0 atom stereocenters. The first-order valence-corrected chi connectivity index (χ1v) is 3.81. The third kappa shape index (κ3) is 1.14. The molecule has 0 amide bonds. The van der Waals surface area contributed by atoms with Crippen molar-refractivity contribution in [3.8, 4) is 0 Å². The topological polar surface area (TPSA) is 64.9 Å². The van der Waals surface area contributed by atoms with E-state index < -0.39 is 0 Å². The first-order valence-electron chi connectivity index (χ1n) is 3.81. The molecule has 1 saturated carbocycles. The van der Waals surface area contributed by atoms with Gasteiger partial charge in [0.2, 0.25) is 11.8 Å². The number of aryl methyl sites for hydroxylation is 1. The Morgan fingerprint density at radius 2 is 2.18 bits per heavy atom. The summed E-state index contributed by atoms with van der Waals surface area (Å²) in [7, 11) is 0. The van der Waals surface area contributed by atoms with Crippen molar-refractivity contribution in [3.63, 3.8) is 0 Å². The fraction of sp³-hybridized carbons (Fsp3) is 0.714. The van der Waals surface area contributed by atoms with Crippen molar-refractivity contribution in [2.75, 3.05) is 0 Å². The number of rotatable bonds is 1. The summed E-state index contributed by atoms with van der Waals surface area (Å²) >= 11 is 0. The molecule has 1 aliphatic rings. The molecule has 2 N–H and O–H groups in total. The molecule has 60 valence electrons. The Labute approximate surface area is 64.8 Å². The highest BCUT2D eigenvalue weighted by molar-refractivity contribution is 5.00. The van der Waals surface area contributed by atoms with E-state index in [0.717, 1.165) is 18.7 Å². The first-order chi connectivity index (χ1) is 5.25. The van der Waals surface area contributed by atoms with E-state index in [1.165, 1.54) is 0 Å². The Balaban J connectivity index is 2.07. The number of nitrogens with zero attached hydrogens (tertiary/aromatic N) is 2. The molecule has 0 bridgehead atoms. The van der Waals surface area contributed by atoms with Gasteiger partial charge in [0.1, 0.15) is 0 Å². The lowest BCUT2D eigenvalue weighted by Crippen LogP contribution is -2.34. The van der Waals surface area contributed by atoms with E-state index >= 15 is 0 Å². The van der Waals surface area contributed by atoms with Crippen LogP contribution in [0.1, 0.15) is 30.5 Å². The Kier molecular flexibility index (Phi) is 1.42. The minimum Gasteiger partial charge on any atom is -0.425 e. The Morgan fingerprint density at radius 1 is 1.45 bits per heavy atom. The van der Waals surface area contributed by atoms with Crippen LogP contribution in [-0.4, -0.2) is 16.2 Å². The molecular weight excluding hydrogens is 142 g/mol. The molecule has 1 aliphatic carbocycles. The fourth-order valence-corrected chi connectivity index (χ4v) is 1.34. The number of hydrogen-bond donors (Lipinski definition) is 1. The first kappa shape index (κ1) is 6.79. The van der Waals surface area contributed by atoms with Crippen LogP contribution in [0.2, 0.25) is 0 Å². The minimum atomic E-state index is 0.340. The maximum atomic E-state index is 5.62. The van der Waals surface area contributed by atoms with Crippen LogP contribution < -0.4 is 5.73 Å². The van der Waals surface area contributed by atoms with Crippen molar-refractivity contribution in [2.45, 2.75) is 31.7 Å². The Hall–Kier alpha value is -0.900. The second-order valence-corrected chi connectivity index (χ2v) is 3.09. The number of hydrogen-bond acceptors (Lipinski definition) is 4. The van der Waals surface area contributed by atoms with E-state index in [9.17, 15) is 0 Å². The maximum absolute atomic E-state index is 5.62. The predicted molar refractivity (Wildman–Crippen MR) is 39.0 cm³/mol. The molecule has 1 fully saturated rings. The van der Waals surface area contributed by atoms with Crippen molar-refractivity contribution in [1.29, 1.82) is 0 Å². The van der Waals surface area contributed by atoms with Crippen LogP contribution in [0.25, 0.3) is 0 Å². The molecule has 1 heterocycles. The van der Waals surface area contributed by atoms with E-state index in [0.29, 0.717) is 17.9 Å². The van der Waals surface area contributed by atoms with Crippen molar-refractivity contribution < 1.29 is 4.42 Å². The molecule has 0 spiro atoms. The molecule has 2 rings (SSSR count). The van der Waals surface area contributed by atoms with Gasteiger partial charge in [-0.3, -0.25) is 0 Å². The monoisotopic (exact) mass is 153 g/mol. The highest BCUT2D eigenvalue weighted by Gasteiger charge is 2.31. The van der Waals surface area contributed by atoms with Crippen LogP contribution in [0.5, 0.6) is 0 Å². The van der Waals surface area contributed by atoms with Gasteiger partial charge in [-0.1, -0.05) is 0 Å². The van der Waals surface area contributed by atoms with Gasteiger partial charge in [0.25, 0.3) is 0 Å². The largest absolute Gasteiger partial charge is 0.425 e. The van der Waals surface area contributed by atoms with E-state index in [4.69, 9.17) is 10.2 Å². The highest BCUT2D eigenvalue weighted by Crippen LogP contribution is 2.34. The zero-order valence-electron chi connectivity index (χ0n) is 6.45. The second-order valence-electron chi connectivity index (χ2n) is 3.09. The van der Waals surface area contributed by atoms with Crippen molar-refractivity contribution in [2.24, 2.45) is 5.73 Å². The van der Waals surface area contributed by atoms with E-state index in [1.807, 2.05) is 0 Å². The van der Waals surface area contributed by atoms with Crippen LogP contribution in [0, 0.1) is 6.92 Å². The molecule has 0 saturated heterocycles. The summed E-state index contributed by atoms with van der Waals surface area (Å²) in [5.41, 5.74) is 5.62. The van der Waals surface area contributed by atoms with Gasteiger partial charge >= 0.3 is 0 Å². The van der Waals surface area contributed by atoms with Gasteiger partial charge in [-0.15, -0.1) is 10.2 Å². The van der Waals surface area contributed by atoms with Crippen molar-refractivity contribution >= 4 is 0 Å². The highest BCUT2D eigenvalue weighted by atomic mass is 16.4. The van der Waals surface area contributed by atoms with Crippen LogP contribution in [0.4, 0.5) is 0 Å². The predicted octanol–water partition coefficient (Wildman–Crippen LogP) is 0.583. The summed E-state index contributed by atoms with van der Waals surface area (Å²) in [6, 6.07) is 0.340. The average molecular weight is 153 g/mol. The zero-order chi connectivity index (χ0) is 7.84. The second kappa shape index (κ2) is 2.30. The summed E-state index contributed by atoms with van der Waals surface area (Å²) in [4.78, 5) is 0. The normalized spacial score (nSPS) is 30.0. The number of aromatic nitrogens is 2. The van der Waals surface area contributed by atoms with Gasteiger partial charge in [0, 0.05) is 18.9 Å². The fourth-order valence-electron chi connectivity index (χ4n) is 1.34. The van der Waals surface area contributed by atoms with Crippen LogP contribution >= 0.6 is 0 Å². The summed E-state index contributed by atoms with van der Waals surface area (Å²) in [5.74, 6) is 1.82. The SMILES string of the molecule is Cc1nnc([C@H]2C[C@@H](N)C2)o1. The molecule has 0 radical (unpaired) electrons. The van der Waals surface area contributed by atoms with Gasteiger partial charge in [0.15, 0.2) is 0 Å². The van der Waals surface area contributed by atoms with Crippen LogP contribution in [0.3, 0.4) is 0 Å². The van der Waals surface area contributed by atoms with Gasteiger partial charge in [-0.05, 0) is 12.8 Å². The summed E-state index contributed by atoms with van der Waals surface area (Å²) in [5, 5.41) is 7.69. The maximum Gasteiger partial charge on any atom is 0.219 e. The van der Waals surface area contributed by atoms with Crippen molar-refractivity contribution in [1.82, 2.24) is 10.2 Å².